The van der Waals surface area contributed by atoms with Gasteiger partial charge in [0.05, 0.1) is 17.8 Å². The number of carbonyl (C=O) groups is 1. The fraction of sp³-hybridized carbons (Fsp3) is 0.556. The maximum absolute atomic E-state index is 13.1. The van der Waals surface area contributed by atoms with Crippen LogP contribution in [0.2, 0.25) is 0 Å². The zero-order valence-electron chi connectivity index (χ0n) is 15.1. The van der Waals surface area contributed by atoms with Crippen molar-refractivity contribution in [1.29, 1.82) is 0 Å². The molecule has 26 heavy (non-hydrogen) atoms. The SMILES string of the molecule is CCN(C(=O)CSc1nnnn1C1CCCC1)C(C)c1ccc(F)cc1. The summed E-state index contributed by atoms with van der Waals surface area (Å²) in [5.41, 5.74) is 0.919. The second kappa shape index (κ2) is 8.62. The molecule has 1 saturated carbocycles. The van der Waals surface area contributed by atoms with E-state index < -0.39 is 0 Å². The summed E-state index contributed by atoms with van der Waals surface area (Å²) >= 11 is 1.38. The minimum atomic E-state index is -0.273. The van der Waals surface area contributed by atoms with E-state index in [0.717, 1.165) is 18.4 Å². The van der Waals surface area contributed by atoms with E-state index in [1.165, 1.54) is 36.7 Å². The molecular formula is C18H24FN5OS. The summed E-state index contributed by atoms with van der Waals surface area (Å²) in [5, 5.41) is 12.7. The van der Waals surface area contributed by atoms with Crippen molar-refractivity contribution in [3.8, 4) is 0 Å². The number of rotatable bonds is 7. The van der Waals surface area contributed by atoms with Gasteiger partial charge in [-0.15, -0.1) is 5.10 Å². The molecule has 0 spiro atoms. The van der Waals surface area contributed by atoms with Crippen LogP contribution in [0, 0.1) is 5.82 Å². The fourth-order valence-electron chi connectivity index (χ4n) is 3.46. The second-order valence-corrected chi connectivity index (χ2v) is 7.48. The monoisotopic (exact) mass is 377 g/mol. The van der Waals surface area contributed by atoms with Crippen LogP contribution in [-0.4, -0.2) is 43.3 Å². The Balaban J connectivity index is 1.63. The van der Waals surface area contributed by atoms with E-state index in [4.69, 9.17) is 0 Å². The molecule has 0 radical (unpaired) electrons. The molecule has 0 saturated heterocycles. The lowest BCUT2D eigenvalue weighted by atomic mass is 10.1. The molecule has 1 aromatic carbocycles. The molecule has 0 bridgehead atoms. The zero-order valence-corrected chi connectivity index (χ0v) is 16.0. The molecule has 1 aromatic heterocycles. The van der Waals surface area contributed by atoms with Crippen molar-refractivity contribution >= 4 is 17.7 Å². The van der Waals surface area contributed by atoms with Crippen LogP contribution in [0.5, 0.6) is 0 Å². The Bertz CT molecular complexity index is 729. The summed E-state index contributed by atoms with van der Waals surface area (Å²) in [4.78, 5) is 14.5. The number of aromatic nitrogens is 4. The summed E-state index contributed by atoms with van der Waals surface area (Å²) in [7, 11) is 0. The van der Waals surface area contributed by atoms with Gasteiger partial charge in [0.1, 0.15) is 5.82 Å². The van der Waals surface area contributed by atoms with Crippen LogP contribution >= 0.6 is 11.8 Å². The van der Waals surface area contributed by atoms with E-state index in [-0.39, 0.29) is 23.5 Å². The Hall–Kier alpha value is -1.96. The minimum Gasteiger partial charge on any atom is -0.335 e. The smallest absolute Gasteiger partial charge is 0.233 e. The highest BCUT2D eigenvalue weighted by Gasteiger charge is 2.24. The topological polar surface area (TPSA) is 63.9 Å². The number of tetrazole rings is 1. The molecule has 0 aliphatic heterocycles. The Morgan fingerprint density at radius 1 is 1.35 bits per heavy atom. The Labute approximate surface area is 157 Å². The second-order valence-electron chi connectivity index (χ2n) is 6.54. The number of carbonyl (C=O) groups excluding carboxylic acids is 1. The van der Waals surface area contributed by atoms with Crippen LogP contribution < -0.4 is 0 Å². The first-order chi connectivity index (χ1) is 12.6. The molecule has 1 aliphatic carbocycles. The van der Waals surface area contributed by atoms with Crippen molar-refractivity contribution in [2.45, 2.75) is 56.8 Å². The van der Waals surface area contributed by atoms with Crippen molar-refractivity contribution in [2.24, 2.45) is 0 Å². The van der Waals surface area contributed by atoms with Gasteiger partial charge < -0.3 is 4.90 Å². The number of nitrogens with zero attached hydrogens (tertiary/aromatic N) is 5. The van der Waals surface area contributed by atoms with Gasteiger partial charge in [-0.3, -0.25) is 4.79 Å². The number of hydrogen-bond donors (Lipinski definition) is 0. The lowest BCUT2D eigenvalue weighted by Gasteiger charge is -2.28. The van der Waals surface area contributed by atoms with Crippen LogP contribution in [0.25, 0.3) is 0 Å². The Morgan fingerprint density at radius 3 is 2.69 bits per heavy atom. The fourth-order valence-corrected chi connectivity index (χ4v) is 4.29. The van der Waals surface area contributed by atoms with Crippen LogP contribution in [0.4, 0.5) is 4.39 Å². The van der Waals surface area contributed by atoms with E-state index in [1.807, 2.05) is 18.5 Å². The molecule has 140 valence electrons. The van der Waals surface area contributed by atoms with E-state index in [2.05, 4.69) is 15.5 Å². The van der Waals surface area contributed by atoms with Crippen molar-refractivity contribution in [2.75, 3.05) is 12.3 Å². The molecular weight excluding hydrogens is 353 g/mol. The molecule has 0 N–H and O–H groups in total. The van der Waals surface area contributed by atoms with E-state index in [9.17, 15) is 9.18 Å². The lowest BCUT2D eigenvalue weighted by molar-refractivity contribution is -0.130. The third kappa shape index (κ3) is 4.23. The molecule has 1 aliphatic rings. The predicted octanol–water partition coefficient (Wildman–Crippen LogP) is 3.63. The van der Waals surface area contributed by atoms with Gasteiger partial charge in [0.15, 0.2) is 0 Å². The zero-order chi connectivity index (χ0) is 18.5. The van der Waals surface area contributed by atoms with Crippen molar-refractivity contribution in [3.05, 3.63) is 35.6 Å². The standard InChI is InChI=1S/C18H24FN5OS/c1-3-23(13(2)14-8-10-15(19)11-9-14)17(25)12-26-18-20-21-22-24(18)16-6-4-5-7-16/h8-11,13,16H,3-7,12H2,1-2H3. The first-order valence-corrected chi connectivity index (χ1v) is 10.0. The minimum absolute atomic E-state index is 0.0234. The van der Waals surface area contributed by atoms with Gasteiger partial charge in [-0.05, 0) is 54.8 Å². The molecule has 1 atom stereocenters. The number of amides is 1. The van der Waals surface area contributed by atoms with Gasteiger partial charge in [-0.2, -0.15) is 0 Å². The Kier molecular flexibility index (Phi) is 6.24. The molecule has 1 amide bonds. The molecule has 1 heterocycles. The quantitative estimate of drug-likeness (QED) is 0.690. The van der Waals surface area contributed by atoms with E-state index in [0.29, 0.717) is 17.7 Å². The average Bonchev–Trinajstić information content (AvgIpc) is 3.32. The number of benzene rings is 1. The first-order valence-electron chi connectivity index (χ1n) is 9.05. The van der Waals surface area contributed by atoms with Crippen LogP contribution in [0.3, 0.4) is 0 Å². The number of thioether (sulfide) groups is 1. The van der Waals surface area contributed by atoms with Crippen molar-refractivity contribution in [3.63, 3.8) is 0 Å². The number of halogens is 1. The predicted molar refractivity (Wildman–Crippen MR) is 98.2 cm³/mol. The highest BCUT2D eigenvalue weighted by Crippen LogP contribution is 2.31. The highest BCUT2D eigenvalue weighted by atomic mass is 32.2. The Morgan fingerprint density at radius 2 is 2.04 bits per heavy atom. The highest BCUT2D eigenvalue weighted by molar-refractivity contribution is 7.99. The van der Waals surface area contributed by atoms with E-state index in [1.54, 1.807) is 17.0 Å². The molecule has 2 aromatic rings. The summed E-state index contributed by atoms with van der Waals surface area (Å²) in [6.45, 7) is 4.50. The van der Waals surface area contributed by atoms with Gasteiger partial charge in [0.2, 0.25) is 11.1 Å². The third-order valence-electron chi connectivity index (χ3n) is 4.94. The van der Waals surface area contributed by atoms with Crippen molar-refractivity contribution in [1.82, 2.24) is 25.1 Å². The molecule has 1 fully saturated rings. The molecule has 6 nitrogen and oxygen atoms in total. The van der Waals surface area contributed by atoms with Crippen LogP contribution in [-0.2, 0) is 4.79 Å². The van der Waals surface area contributed by atoms with Gasteiger partial charge in [-0.25, -0.2) is 9.07 Å². The average molecular weight is 377 g/mol. The first kappa shape index (κ1) is 18.8. The maximum atomic E-state index is 13.1. The van der Waals surface area contributed by atoms with Crippen LogP contribution in [0.1, 0.15) is 57.2 Å². The molecule has 1 unspecified atom stereocenters. The normalized spacial score (nSPS) is 16.0. The molecule has 8 heteroatoms. The van der Waals surface area contributed by atoms with Gasteiger partial charge in [0, 0.05) is 6.54 Å². The third-order valence-corrected chi connectivity index (χ3v) is 5.86. The lowest BCUT2D eigenvalue weighted by Crippen LogP contribution is -2.34. The van der Waals surface area contributed by atoms with E-state index >= 15 is 0 Å². The summed E-state index contributed by atoms with van der Waals surface area (Å²) in [6, 6.07) is 6.54. The summed E-state index contributed by atoms with van der Waals surface area (Å²) in [5.74, 6) is 0.0341. The number of hydrogen-bond acceptors (Lipinski definition) is 5. The van der Waals surface area contributed by atoms with Crippen LogP contribution in [0.15, 0.2) is 29.4 Å². The largest absolute Gasteiger partial charge is 0.335 e. The summed E-state index contributed by atoms with van der Waals surface area (Å²) < 4.78 is 15.0. The molecule has 3 rings (SSSR count). The summed E-state index contributed by atoms with van der Waals surface area (Å²) in [6.07, 6.45) is 4.59. The van der Waals surface area contributed by atoms with Gasteiger partial charge in [-0.1, -0.05) is 36.7 Å². The maximum Gasteiger partial charge on any atom is 0.233 e. The van der Waals surface area contributed by atoms with Crippen molar-refractivity contribution < 1.29 is 9.18 Å². The van der Waals surface area contributed by atoms with Gasteiger partial charge in [0.25, 0.3) is 0 Å². The van der Waals surface area contributed by atoms with Gasteiger partial charge >= 0.3 is 0 Å².